The maximum Gasteiger partial charge on any atom is 0.262 e. The number of pyridine rings is 1. The van der Waals surface area contributed by atoms with E-state index >= 15 is 0 Å². The number of aromatic nitrogens is 1. The van der Waals surface area contributed by atoms with Gasteiger partial charge in [0.1, 0.15) is 5.75 Å². The van der Waals surface area contributed by atoms with Crippen molar-refractivity contribution in [1.29, 1.82) is 0 Å². The maximum atomic E-state index is 11.9. The van der Waals surface area contributed by atoms with Crippen molar-refractivity contribution in [1.82, 2.24) is 4.98 Å². The van der Waals surface area contributed by atoms with Gasteiger partial charge in [-0.2, -0.15) is 0 Å². The van der Waals surface area contributed by atoms with Crippen LogP contribution in [0.3, 0.4) is 0 Å². The molecular weight excluding hydrogens is 272 g/mol. The van der Waals surface area contributed by atoms with Crippen LogP contribution in [-0.2, 0) is 4.79 Å². The summed E-state index contributed by atoms with van der Waals surface area (Å²) in [5, 5.41) is 2.67. The number of aryl methyl sites for hydroxylation is 1. The van der Waals surface area contributed by atoms with Crippen LogP contribution in [0.4, 0.5) is 5.69 Å². The Morgan fingerprint density at radius 1 is 1.29 bits per heavy atom. The molecule has 0 aliphatic rings. The Hall–Kier alpha value is -2.76. The van der Waals surface area contributed by atoms with Crippen molar-refractivity contribution < 1.29 is 14.3 Å². The highest BCUT2D eigenvalue weighted by molar-refractivity contribution is 5.93. The largest absolute Gasteiger partial charge is 0.495 e. The van der Waals surface area contributed by atoms with Crippen LogP contribution in [0.1, 0.15) is 5.69 Å². The van der Waals surface area contributed by atoms with Crippen molar-refractivity contribution in [2.45, 2.75) is 6.92 Å². The molecule has 6 nitrogen and oxygen atoms in total. The number of ether oxygens (including phenoxy) is 2. The second kappa shape index (κ2) is 6.60. The summed E-state index contributed by atoms with van der Waals surface area (Å²) >= 11 is 0. The minimum Gasteiger partial charge on any atom is -0.495 e. The summed E-state index contributed by atoms with van der Waals surface area (Å²) in [7, 11) is 1.52. The topological polar surface area (TPSA) is 80.4 Å². The third kappa shape index (κ3) is 3.62. The molecule has 0 fully saturated rings. The number of anilines is 1. The van der Waals surface area contributed by atoms with Crippen LogP contribution in [0.5, 0.6) is 11.5 Å². The zero-order chi connectivity index (χ0) is 15.2. The van der Waals surface area contributed by atoms with Crippen molar-refractivity contribution in [2.75, 3.05) is 19.0 Å². The smallest absolute Gasteiger partial charge is 0.262 e. The summed E-state index contributed by atoms with van der Waals surface area (Å²) in [6, 6.07) is 8.39. The molecule has 0 saturated carbocycles. The van der Waals surface area contributed by atoms with E-state index in [2.05, 4.69) is 10.3 Å². The fourth-order valence-electron chi connectivity index (χ4n) is 1.82. The maximum absolute atomic E-state index is 11.9. The molecule has 0 aliphatic heterocycles. The van der Waals surface area contributed by atoms with E-state index in [0.29, 0.717) is 17.1 Å². The van der Waals surface area contributed by atoms with E-state index in [1.54, 1.807) is 31.2 Å². The van der Waals surface area contributed by atoms with Gasteiger partial charge in [-0.1, -0.05) is 12.1 Å². The van der Waals surface area contributed by atoms with Crippen LogP contribution in [0.15, 0.2) is 41.3 Å². The van der Waals surface area contributed by atoms with Gasteiger partial charge in [0, 0.05) is 12.3 Å². The molecule has 2 N–H and O–H groups in total. The monoisotopic (exact) mass is 288 g/mol. The molecule has 0 atom stereocenters. The van der Waals surface area contributed by atoms with Crippen LogP contribution in [0, 0.1) is 6.92 Å². The van der Waals surface area contributed by atoms with E-state index in [-0.39, 0.29) is 23.7 Å². The highest BCUT2D eigenvalue weighted by atomic mass is 16.5. The Morgan fingerprint density at radius 2 is 2.05 bits per heavy atom. The highest BCUT2D eigenvalue weighted by Crippen LogP contribution is 2.22. The molecule has 0 saturated heterocycles. The van der Waals surface area contributed by atoms with Crippen LogP contribution in [0.2, 0.25) is 0 Å². The molecule has 0 bridgehead atoms. The molecule has 0 aliphatic carbocycles. The molecular formula is C15H16N2O4. The Balaban J connectivity index is 2.01. The fourth-order valence-corrected chi connectivity index (χ4v) is 1.82. The van der Waals surface area contributed by atoms with Gasteiger partial charge in [0.05, 0.1) is 18.5 Å². The molecule has 1 aromatic heterocycles. The number of benzene rings is 1. The van der Waals surface area contributed by atoms with Crippen molar-refractivity contribution in [3.05, 3.63) is 52.4 Å². The minimum atomic E-state index is -0.373. The molecule has 0 spiro atoms. The molecule has 1 heterocycles. The van der Waals surface area contributed by atoms with Gasteiger partial charge in [0.2, 0.25) is 5.43 Å². The van der Waals surface area contributed by atoms with E-state index in [0.717, 1.165) is 0 Å². The second-order valence-corrected chi connectivity index (χ2v) is 4.33. The van der Waals surface area contributed by atoms with Gasteiger partial charge in [-0.25, -0.2) is 0 Å². The molecule has 1 aromatic carbocycles. The molecule has 2 rings (SSSR count). The van der Waals surface area contributed by atoms with Crippen molar-refractivity contribution in [3.63, 3.8) is 0 Å². The number of H-pyrrole nitrogens is 1. The Kier molecular flexibility index (Phi) is 4.61. The number of hydrogen-bond donors (Lipinski definition) is 2. The van der Waals surface area contributed by atoms with Crippen molar-refractivity contribution in [2.24, 2.45) is 0 Å². The minimum absolute atomic E-state index is 0.146. The fraction of sp³-hybridized carbons (Fsp3) is 0.200. The summed E-state index contributed by atoms with van der Waals surface area (Å²) in [6.45, 7) is 1.45. The number of hydrogen-bond acceptors (Lipinski definition) is 4. The molecule has 110 valence electrons. The zero-order valence-corrected chi connectivity index (χ0v) is 11.8. The lowest BCUT2D eigenvalue weighted by Gasteiger charge is -2.11. The predicted molar refractivity (Wildman–Crippen MR) is 78.9 cm³/mol. The third-order valence-corrected chi connectivity index (χ3v) is 2.83. The lowest BCUT2D eigenvalue weighted by atomic mass is 10.3. The van der Waals surface area contributed by atoms with Crippen LogP contribution < -0.4 is 20.2 Å². The van der Waals surface area contributed by atoms with E-state index in [1.807, 2.05) is 0 Å². The summed E-state index contributed by atoms with van der Waals surface area (Å²) in [5.74, 6) is 0.328. The van der Waals surface area contributed by atoms with Gasteiger partial charge >= 0.3 is 0 Å². The first-order chi connectivity index (χ1) is 10.1. The molecule has 0 radical (unpaired) electrons. The molecule has 2 aromatic rings. The van der Waals surface area contributed by atoms with Gasteiger partial charge in [-0.3, -0.25) is 9.59 Å². The SMILES string of the molecule is COc1ccccc1NC(=O)COc1c(C)[nH]ccc1=O. The molecule has 1 amide bonds. The van der Waals surface area contributed by atoms with E-state index in [9.17, 15) is 9.59 Å². The van der Waals surface area contributed by atoms with Crippen LogP contribution >= 0.6 is 0 Å². The Morgan fingerprint density at radius 3 is 2.76 bits per heavy atom. The first-order valence-electron chi connectivity index (χ1n) is 6.36. The van der Waals surface area contributed by atoms with Gasteiger partial charge in [0.15, 0.2) is 12.4 Å². The lowest BCUT2D eigenvalue weighted by molar-refractivity contribution is -0.118. The van der Waals surface area contributed by atoms with Crippen molar-refractivity contribution in [3.8, 4) is 11.5 Å². The van der Waals surface area contributed by atoms with E-state index in [4.69, 9.17) is 9.47 Å². The van der Waals surface area contributed by atoms with E-state index in [1.165, 1.54) is 19.4 Å². The number of nitrogens with one attached hydrogen (secondary N) is 2. The normalized spacial score (nSPS) is 10.0. The summed E-state index contributed by atoms with van der Waals surface area (Å²) in [5.41, 5.74) is 0.858. The van der Waals surface area contributed by atoms with Gasteiger partial charge in [-0.15, -0.1) is 0 Å². The lowest BCUT2D eigenvalue weighted by Crippen LogP contribution is -2.23. The quantitative estimate of drug-likeness (QED) is 0.877. The van der Waals surface area contributed by atoms with E-state index < -0.39 is 0 Å². The average Bonchev–Trinajstić information content (AvgIpc) is 2.47. The van der Waals surface area contributed by atoms with Crippen LogP contribution in [0.25, 0.3) is 0 Å². The zero-order valence-electron chi connectivity index (χ0n) is 11.8. The third-order valence-electron chi connectivity index (χ3n) is 2.83. The second-order valence-electron chi connectivity index (χ2n) is 4.33. The number of methoxy groups -OCH3 is 1. The number of amides is 1. The summed E-state index contributed by atoms with van der Waals surface area (Å²) < 4.78 is 10.4. The standard InChI is InChI=1S/C15H16N2O4/c1-10-15(12(18)7-8-16-10)21-9-14(19)17-11-5-3-4-6-13(11)20-2/h3-8H,9H2,1-2H3,(H,16,18)(H,17,19). The first-order valence-corrected chi connectivity index (χ1v) is 6.36. The summed E-state index contributed by atoms with van der Waals surface area (Å²) in [6.07, 6.45) is 1.53. The number of carbonyl (C=O) groups is 1. The number of carbonyl (C=O) groups excluding carboxylic acids is 1. The van der Waals surface area contributed by atoms with Crippen molar-refractivity contribution >= 4 is 11.6 Å². The van der Waals surface area contributed by atoms with Gasteiger partial charge in [-0.05, 0) is 19.1 Å². The highest BCUT2D eigenvalue weighted by Gasteiger charge is 2.10. The predicted octanol–water partition coefficient (Wildman–Crippen LogP) is 1.71. The Bertz CT molecular complexity index is 694. The van der Waals surface area contributed by atoms with Gasteiger partial charge in [0.25, 0.3) is 5.91 Å². The molecule has 0 unspecified atom stereocenters. The number of para-hydroxylation sites is 2. The first kappa shape index (κ1) is 14.6. The Labute approximate surface area is 121 Å². The number of aromatic amines is 1. The van der Waals surface area contributed by atoms with Crippen LogP contribution in [-0.4, -0.2) is 24.6 Å². The van der Waals surface area contributed by atoms with Gasteiger partial charge < -0.3 is 19.8 Å². The summed E-state index contributed by atoms with van der Waals surface area (Å²) in [4.78, 5) is 26.3. The molecule has 21 heavy (non-hydrogen) atoms. The average molecular weight is 288 g/mol. The number of rotatable bonds is 5. The molecule has 6 heteroatoms.